The molecule has 29 heavy (non-hydrogen) atoms. The van der Waals surface area contributed by atoms with Crippen molar-refractivity contribution in [2.45, 2.75) is 39.0 Å². The van der Waals surface area contributed by atoms with Crippen molar-refractivity contribution in [3.8, 4) is 17.3 Å². The van der Waals surface area contributed by atoms with Crippen molar-refractivity contribution in [2.75, 3.05) is 19.6 Å². The Morgan fingerprint density at radius 2 is 2.14 bits per heavy atom. The van der Waals surface area contributed by atoms with E-state index in [4.69, 9.17) is 16.3 Å². The first kappa shape index (κ1) is 21.0. The molecule has 3 rings (SSSR count). The van der Waals surface area contributed by atoms with Crippen molar-refractivity contribution in [1.29, 1.82) is 5.26 Å². The predicted molar refractivity (Wildman–Crippen MR) is 110 cm³/mol. The summed E-state index contributed by atoms with van der Waals surface area (Å²) < 4.78 is 5.43. The summed E-state index contributed by atoms with van der Waals surface area (Å²) in [5.74, 6) is 0. The lowest BCUT2D eigenvalue weighted by Gasteiger charge is -2.38. The van der Waals surface area contributed by atoms with Crippen molar-refractivity contribution in [3.63, 3.8) is 0 Å². The number of carbonyl (C=O) groups excluding carboxylic acids is 1. The van der Waals surface area contributed by atoms with Crippen LogP contribution < -0.4 is 0 Å². The van der Waals surface area contributed by atoms with Crippen molar-refractivity contribution in [2.24, 2.45) is 0 Å². The number of aromatic nitrogens is 2. The van der Waals surface area contributed by atoms with E-state index in [2.05, 4.69) is 20.9 Å². The number of nitrogens with zero attached hydrogens (tertiary/aromatic N) is 5. The minimum atomic E-state index is -0.555. The molecule has 1 amide bonds. The first-order valence-electron chi connectivity index (χ1n) is 9.44. The molecule has 0 N–H and O–H groups in total. The van der Waals surface area contributed by atoms with Crippen LogP contribution in [0.25, 0.3) is 11.3 Å². The standard InChI is InChI=1S/C21H24ClN5O2/c1-21(2,3)29-20(28)27-10-9-26(17(12-23)14-27)13-15-5-4-6-16(11-15)18-7-8-24-19(22)25-18/h4-8,11,17H,9-10,13-14H2,1-3H3. The van der Waals surface area contributed by atoms with Gasteiger partial charge in [-0.1, -0.05) is 18.2 Å². The lowest BCUT2D eigenvalue weighted by atomic mass is 10.1. The van der Waals surface area contributed by atoms with Gasteiger partial charge < -0.3 is 9.64 Å². The summed E-state index contributed by atoms with van der Waals surface area (Å²) in [6.07, 6.45) is 1.25. The fourth-order valence-electron chi connectivity index (χ4n) is 3.18. The monoisotopic (exact) mass is 413 g/mol. The van der Waals surface area contributed by atoms with Crippen LogP contribution in [0.5, 0.6) is 0 Å². The van der Waals surface area contributed by atoms with Gasteiger partial charge in [-0.25, -0.2) is 14.8 Å². The molecule has 1 unspecified atom stereocenters. The van der Waals surface area contributed by atoms with E-state index in [-0.39, 0.29) is 11.4 Å². The zero-order valence-corrected chi connectivity index (χ0v) is 17.6. The molecule has 8 heteroatoms. The normalized spacial score (nSPS) is 17.6. The zero-order valence-electron chi connectivity index (χ0n) is 16.8. The van der Waals surface area contributed by atoms with E-state index in [1.54, 1.807) is 11.1 Å². The second-order valence-electron chi connectivity index (χ2n) is 7.95. The third-order valence-corrected chi connectivity index (χ3v) is 4.71. The average Bonchev–Trinajstić information content (AvgIpc) is 2.67. The number of amides is 1. The molecule has 0 saturated carbocycles. The zero-order chi connectivity index (χ0) is 21.0. The Morgan fingerprint density at radius 1 is 1.34 bits per heavy atom. The SMILES string of the molecule is CC(C)(C)OC(=O)N1CCN(Cc2cccc(-c3ccnc(Cl)n3)c2)C(C#N)C1. The van der Waals surface area contributed by atoms with E-state index in [1.807, 2.05) is 51.1 Å². The second kappa shape index (κ2) is 8.76. The van der Waals surface area contributed by atoms with Crippen molar-refractivity contribution in [3.05, 3.63) is 47.4 Å². The van der Waals surface area contributed by atoms with Crippen molar-refractivity contribution in [1.82, 2.24) is 19.8 Å². The summed E-state index contributed by atoms with van der Waals surface area (Å²) in [6.45, 7) is 7.55. The molecule has 1 fully saturated rings. The van der Waals surface area contributed by atoms with Gasteiger partial charge in [-0.05, 0) is 50.1 Å². The molecule has 1 aromatic carbocycles. The number of hydrogen-bond acceptors (Lipinski definition) is 6. The number of ether oxygens (including phenoxy) is 1. The summed E-state index contributed by atoms with van der Waals surface area (Å²) in [5.41, 5.74) is 2.19. The van der Waals surface area contributed by atoms with E-state index in [9.17, 15) is 10.1 Å². The summed E-state index contributed by atoms with van der Waals surface area (Å²) in [7, 11) is 0. The van der Waals surface area contributed by atoms with Crippen LogP contribution in [-0.4, -0.2) is 57.1 Å². The van der Waals surface area contributed by atoms with Gasteiger partial charge in [0.1, 0.15) is 11.6 Å². The molecule has 2 heterocycles. The van der Waals surface area contributed by atoms with Gasteiger partial charge in [-0.3, -0.25) is 4.90 Å². The maximum atomic E-state index is 12.3. The molecule has 0 aliphatic carbocycles. The van der Waals surface area contributed by atoms with Gasteiger partial charge in [-0.15, -0.1) is 0 Å². The van der Waals surface area contributed by atoms with Crippen LogP contribution in [-0.2, 0) is 11.3 Å². The van der Waals surface area contributed by atoms with Crippen LogP contribution in [0, 0.1) is 11.3 Å². The number of benzene rings is 1. The molecule has 2 aromatic rings. The molecule has 1 aliphatic heterocycles. The Morgan fingerprint density at radius 3 is 2.83 bits per heavy atom. The summed E-state index contributed by atoms with van der Waals surface area (Å²) >= 11 is 5.90. The van der Waals surface area contributed by atoms with Crippen molar-refractivity contribution >= 4 is 17.7 Å². The van der Waals surface area contributed by atoms with E-state index in [0.29, 0.717) is 26.2 Å². The Kier molecular flexibility index (Phi) is 6.36. The molecular weight excluding hydrogens is 390 g/mol. The molecule has 1 saturated heterocycles. The average molecular weight is 414 g/mol. The van der Waals surface area contributed by atoms with E-state index < -0.39 is 11.6 Å². The van der Waals surface area contributed by atoms with E-state index in [0.717, 1.165) is 16.8 Å². The van der Waals surface area contributed by atoms with Crippen LogP contribution in [0.2, 0.25) is 5.28 Å². The summed E-state index contributed by atoms with van der Waals surface area (Å²) in [6, 6.07) is 11.7. The third kappa shape index (κ3) is 5.66. The predicted octanol–water partition coefficient (Wildman–Crippen LogP) is 3.74. The first-order chi connectivity index (χ1) is 13.7. The Hall–Kier alpha value is -2.69. The molecule has 1 aromatic heterocycles. The highest BCUT2D eigenvalue weighted by Gasteiger charge is 2.32. The summed E-state index contributed by atoms with van der Waals surface area (Å²) in [5, 5.41) is 9.84. The van der Waals surface area contributed by atoms with Crippen LogP contribution in [0.4, 0.5) is 4.79 Å². The van der Waals surface area contributed by atoms with Crippen molar-refractivity contribution < 1.29 is 9.53 Å². The van der Waals surface area contributed by atoms with Gasteiger partial charge in [0.05, 0.1) is 18.3 Å². The quantitative estimate of drug-likeness (QED) is 0.713. The lowest BCUT2D eigenvalue weighted by molar-refractivity contribution is 0.00836. The number of rotatable bonds is 3. The Bertz CT molecular complexity index is 922. The highest BCUT2D eigenvalue weighted by Crippen LogP contribution is 2.22. The van der Waals surface area contributed by atoms with Crippen LogP contribution in [0.1, 0.15) is 26.3 Å². The highest BCUT2D eigenvalue weighted by molar-refractivity contribution is 6.28. The molecule has 0 bridgehead atoms. The molecule has 0 radical (unpaired) electrons. The highest BCUT2D eigenvalue weighted by atomic mass is 35.5. The minimum Gasteiger partial charge on any atom is -0.444 e. The van der Waals surface area contributed by atoms with Crippen LogP contribution in [0.3, 0.4) is 0 Å². The number of piperazine rings is 1. The van der Waals surface area contributed by atoms with Gasteiger partial charge in [0, 0.05) is 31.4 Å². The number of hydrogen-bond donors (Lipinski definition) is 0. The first-order valence-corrected chi connectivity index (χ1v) is 9.82. The molecule has 1 aliphatic rings. The van der Waals surface area contributed by atoms with Crippen LogP contribution in [0.15, 0.2) is 36.5 Å². The largest absolute Gasteiger partial charge is 0.444 e. The van der Waals surface area contributed by atoms with Gasteiger partial charge in [0.15, 0.2) is 0 Å². The lowest BCUT2D eigenvalue weighted by Crippen LogP contribution is -2.54. The van der Waals surface area contributed by atoms with Gasteiger partial charge >= 0.3 is 6.09 Å². The topological polar surface area (TPSA) is 82.3 Å². The number of nitriles is 1. The molecule has 152 valence electrons. The fourth-order valence-corrected chi connectivity index (χ4v) is 3.33. The van der Waals surface area contributed by atoms with E-state index >= 15 is 0 Å². The molecule has 1 atom stereocenters. The van der Waals surface area contributed by atoms with Gasteiger partial charge in [-0.2, -0.15) is 5.26 Å². The maximum Gasteiger partial charge on any atom is 0.410 e. The molecule has 0 spiro atoms. The van der Waals surface area contributed by atoms with Crippen LogP contribution >= 0.6 is 11.6 Å². The van der Waals surface area contributed by atoms with Gasteiger partial charge in [0.2, 0.25) is 5.28 Å². The third-order valence-electron chi connectivity index (χ3n) is 4.53. The number of carbonyl (C=O) groups is 1. The summed E-state index contributed by atoms with van der Waals surface area (Å²) in [4.78, 5) is 24.2. The number of halogens is 1. The Labute approximate surface area is 175 Å². The second-order valence-corrected chi connectivity index (χ2v) is 8.29. The molecular formula is C21H24ClN5O2. The Balaban J connectivity index is 1.69. The van der Waals surface area contributed by atoms with E-state index in [1.165, 1.54) is 0 Å². The minimum absolute atomic E-state index is 0.204. The maximum absolute atomic E-state index is 12.3. The fraction of sp³-hybridized carbons (Fsp3) is 0.429. The van der Waals surface area contributed by atoms with Gasteiger partial charge in [0.25, 0.3) is 0 Å². The molecule has 7 nitrogen and oxygen atoms in total. The smallest absolute Gasteiger partial charge is 0.410 e.